The van der Waals surface area contributed by atoms with Crippen LogP contribution < -0.4 is 13.7 Å². The molecule has 0 fully saturated rings. The lowest BCUT2D eigenvalue weighted by Crippen LogP contribution is -2.23. The second-order valence-corrected chi connectivity index (χ2v) is 13.6. The first-order valence-corrected chi connectivity index (χ1v) is 16.8. The highest BCUT2D eigenvalue weighted by molar-refractivity contribution is 5.98. The predicted octanol–water partition coefficient (Wildman–Crippen LogP) is 4.55. The number of aromatic amines is 2. The van der Waals surface area contributed by atoms with Gasteiger partial charge in [-0.15, -0.1) is 0 Å². The van der Waals surface area contributed by atoms with Crippen LogP contribution in [-0.2, 0) is 49.3 Å². The van der Waals surface area contributed by atoms with Crippen molar-refractivity contribution in [3.05, 3.63) is 97.1 Å². The van der Waals surface area contributed by atoms with Gasteiger partial charge < -0.3 is 14.5 Å². The number of rotatable bonds is 4. The summed E-state index contributed by atoms with van der Waals surface area (Å²) in [4.78, 5) is 22.9. The predicted molar refractivity (Wildman–Crippen MR) is 198 cm³/mol. The van der Waals surface area contributed by atoms with E-state index >= 15 is 0 Å². The van der Waals surface area contributed by atoms with Crippen LogP contribution in [0, 0.1) is 0 Å². The van der Waals surface area contributed by atoms with Gasteiger partial charge in [-0.2, -0.15) is 0 Å². The fourth-order valence-corrected chi connectivity index (χ4v) is 7.56. The van der Waals surface area contributed by atoms with E-state index in [1.54, 1.807) is 0 Å². The minimum Gasteiger partial charge on any atom is -0.354 e. The highest BCUT2D eigenvalue weighted by Crippen LogP contribution is 2.37. The highest BCUT2D eigenvalue weighted by atomic mass is 15.1. The SMILES string of the molecule is Cn1cncc1-c1c2nc(c(-c3c[n+](C)cn3C)c3ccc([nH]3)c(-c3c[n+](C)cn3C)c3nc(c(-c4c[n+](C)cn4C)c4ccc1[nH]4)C=C3)C=C2. The van der Waals surface area contributed by atoms with Crippen molar-refractivity contribution in [3.8, 4) is 45.0 Å². The second-order valence-electron chi connectivity index (χ2n) is 13.6. The lowest BCUT2D eigenvalue weighted by molar-refractivity contribution is -0.670. The molecule has 2 aliphatic heterocycles. The summed E-state index contributed by atoms with van der Waals surface area (Å²) in [7, 11) is 14.4. The van der Waals surface area contributed by atoms with Gasteiger partial charge in [0.05, 0.1) is 122 Å². The van der Waals surface area contributed by atoms with Crippen molar-refractivity contribution < 1.29 is 13.7 Å². The molecule has 0 amide bonds. The summed E-state index contributed by atoms with van der Waals surface area (Å²) in [6.07, 6.45) is 24.8. The molecular formula is C39H39N12+3. The molecule has 0 saturated carbocycles. The summed E-state index contributed by atoms with van der Waals surface area (Å²) >= 11 is 0. The largest absolute Gasteiger partial charge is 0.354 e. The summed E-state index contributed by atoms with van der Waals surface area (Å²) in [5, 5.41) is 0. The Hall–Kier alpha value is -6.56. The molecule has 12 nitrogen and oxygen atoms in total. The standard InChI is InChI=1S/C39H39N12/c1-45-17-33(49(5)21-45)37-26-10-8-24(41-26)36(32-16-40-20-48(32)4)25-9-11-27(42-25)38(34-18-46(2)22-50(34)6)29-13-15-31(44-29)39(30-14-12-28(37)43-30)35-19-47(3)23-51(35)7/h8-23,41,44H,1-7H3/q+3. The maximum absolute atomic E-state index is 5.41. The molecule has 7 aromatic rings. The van der Waals surface area contributed by atoms with Crippen molar-refractivity contribution in [2.75, 3.05) is 0 Å². The minimum atomic E-state index is 0.848. The van der Waals surface area contributed by atoms with Crippen molar-refractivity contribution in [3.63, 3.8) is 0 Å². The van der Waals surface area contributed by atoms with E-state index in [-0.39, 0.29) is 0 Å². The fourth-order valence-electron chi connectivity index (χ4n) is 7.56. The number of hydrogen-bond acceptors (Lipinski definition) is 3. The number of hydrogen-bond donors (Lipinski definition) is 2. The van der Waals surface area contributed by atoms with Gasteiger partial charge in [0.2, 0.25) is 19.0 Å². The highest BCUT2D eigenvalue weighted by Gasteiger charge is 2.25. The molecule has 9 heterocycles. The maximum Gasteiger partial charge on any atom is 0.243 e. The zero-order valence-electron chi connectivity index (χ0n) is 29.7. The summed E-state index contributed by atoms with van der Waals surface area (Å²) in [5.41, 5.74) is 15.3. The Kier molecular flexibility index (Phi) is 6.72. The van der Waals surface area contributed by atoms with Crippen LogP contribution in [0.1, 0.15) is 22.8 Å². The van der Waals surface area contributed by atoms with Gasteiger partial charge in [0.25, 0.3) is 0 Å². The molecule has 2 N–H and O–H groups in total. The summed E-state index contributed by atoms with van der Waals surface area (Å²) in [5.74, 6) is 0. The molecule has 252 valence electrons. The van der Waals surface area contributed by atoms with Crippen LogP contribution in [0.25, 0.3) is 91.4 Å². The van der Waals surface area contributed by atoms with Crippen molar-refractivity contribution >= 4 is 46.4 Å². The first-order chi connectivity index (χ1) is 24.6. The summed E-state index contributed by atoms with van der Waals surface area (Å²) in [6.45, 7) is 0. The number of aromatic nitrogens is 12. The quantitative estimate of drug-likeness (QED) is 0.268. The molecule has 2 aliphatic rings. The number of imidazole rings is 4. The third-order valence-corrected chi connectivity index (χ3v) is 9.78. The van der Waals surface area contributed by atoms with Crippen LogP contribution in [0.4, 0.5) is 0 Å². The van der Waals surface area contributed by atoms with Crippen LogP contribution in [0.15, 0.2) is 74.4 Å². The second kappa shape index (κ2) is 11.2. The Morgan fingerprint density at radius 3 is 1.08 bits per heavy atom. The van der Waals surface area contributed by atoms with Gasteiger partial charge in [0.1, 0.15) is 18.6 Å². The van der Waals surface area contributed by atoms with Crippen LogP contribution in [0.2, 0.25) is 0 Å². The first kappa shape index (κ1) is 30.5. The average molecular weight is 676 g/mol. The number of aryl methyl sites for hydroxylation is 7. The minimum absolute atomic E-state index is 0.848. The molecule has 0 unspecified atom stereocenters. The van der Waals surface area contributed by atoms with E-state index in [4.69, 9.17) is 9.97 Å². The Morgan fingerprint density at radius 2 is 0.804 bits per heavy atom. The zero-order valence-corrected chi connectivity index (χ0v) is 29.7. The van der Waals surface area contributed by atoms with Crippen LogP contribution in [0.5, 0.6) is 0 Å². The molecule has 0 saturated heterocycles. The Labute approximate surface area is 294 Å². The van der Waals surface area contributed by atoms with Gasteiger partial charge in [0, 0.05) is 12.6 Å². The smallest absolute Gasteiger partial charge is 0.243 e. The van der Waals surface area contributed by atoms with E-state index in [9.17, 15) is 0 Å². The van der Waals surface area contributed by atoms with Crippen LogP contribution in [0.3, 0.4) is 0 Å². The van der Waals surface area contributed by atoms with E-state index in [0.717, 1.165) is 89.9 Å². The van der Waals surface area contributed by atoms with Crippen molar-refractivity contribution in [1.29, 1.82) is 0 Å². The molecule has 12 heteroatoms. The van der Waals surface area contributed by atoms with Gasteiger partial charge in [-0.1, -0.05) is 0 Å². The molecule has 0 aromatic carbocycles. The van der Waals surface area contributed by atoms with Gasteiger partial charge in [-0.25, -0.2) is 42.4 Å². The van der Waals surface area contributed by atoms with Crippen LogP contribution in [-0.4, -0.2) is 43.2 Å². The summed E-state index contributed by atoms with van der Waals surface area (Å²) in [6, 6.07) is 8.59. The van der Waals surface area contributed by atoms with Crippen molar-refractivity contribution in [1.82, 2.24) is 43.2 Å². The Bertz CT molecular complexity index is 2740. The molecule has 0 spiro atoms. The molecule has 0 radical (unpaired) electrons. The molecule has 9 rings (SSSR count). The van der Waals surface area contributed by atoms with Crippen molar-refractivity contribution in [2.45, 2.75) is 0 Å². The fraction of sp³-hybridized carbons (Fsp3) is 0.179. The van der Waals surface area contributed by atoms with E-state index < -0.39 is 0 Å². The number of nitrogens with one attached hydrogen (secondary N) is 2. The van der Waals surface area contributed by atoms with Crippen molar-refractivity contribution in [2.24, 2.45) is 49.3 Å². The number of nitrogens with zero attached hydrogens (tertiary/aromatic N) is 10. The Balaban J connectivity index is 1.51. The molecular weight excluding hydrogens is 637 g/mol. The lowest BCUT2D eigenvalue weighted by atomic mass is 10.1. The topological polar surface area (TPSA) is 102 Å². The van der Waals surface area contributed by atoms with Gasteiger partial charge in [0.15, 0.2) is 17.1 Å². The monoisotopic (exact) mass is 675 g/mol. The van der Waals surface area contributed by atoms with Gasteiger partial charge in [-0.05, 0) is 48.6 Å². The number of H-pyrrole nitrogens is 2. The molecule has 0 aliphatic carbocycles. The molecule has 51 heavy (non-hydrogen) atoms. The first-order valence-electron chi connectivity index (χ1n) is 16.8. The third kappa shape index (κ3) is 4.90. The zero-order chi connectivity index (χ0) is 35.1. The Morgan fingerprint density at radius 1 is 0.471 bits per heavy atom. The van der Waals surface area contributed by atoms with E-state index in [2.05, 4.69) is 150 Å². The van der Waals surface area contributed by atoms with E-state index in [0.29, 0.717) is 0 Å². The lowest BCUT2D eigenvalue weighted by Gasteiger charge is -2.05. The summed E-state index contributed by atoms with van der Waals surface area (Å²) < 4.78 is 14.7. The van der Waals surface area contributed by atoms with Gasteiger partial charge in [-0.3, -0.25) is 0 Å². The van der Waals surface area contributed by atoms with Gasteiger partial charge >= 0.3 is 0 Å². The maximum atomic E-state index is 5.41. The molecule has 7 aromatic heterocycles. The third-order valence-electron chi connectivity index (χ3n) is 9.78. The van der Waals surface area contributed by atoms with Crippen LogP contribution >= 0.6 is 0 Å². The normalized spacial score (nSPS) is 12.5. The van der Waals surface area contributed by atoms with E-state index in [1.807, 2.05) is 45.3 Å². The number of fused-ring (bicyclic) bond motifs is 8. The molecule has 8 bridgehead atoms. The average Bonchev–Trinajstić information content (AvgIpc) is 3.93. The molecule has 0 atom stereocenters. The van der Waals surface area contributed by atoms with E-state index in [1.165, 1.54) is 0 Å².